The van der Waals surface area contributed by atoms with Gasteiger partial charge in [0.15, 0.2) is 0 Å². The van der Waals surface area contributed by atoms with Crippen LogP contribution in [0.25, 0.3) is 0 Å². The summed E-state index contributed by atoms with van der Waals surface area (Å²) in [6.07, 6.45) is 4.08. The van der Waals surface area contributed by atoms with Gasteiger partial charge in [0, 0.05) is 13.2 Å². The van der Waals surface area contributed by atoms with Crippen molar-refractivity contribution in [3.05, 3.63) is 29.6 Å². The summed E-state index contributed by atoms with van der Waals surface area (Å²) in [6, 6.07) is 2.71. The smallest absolute Gasteiger partial charge is 0.326 e. The first-order valence-corrected chi connectivity index (χ1v) is 5.96. The van der Waals surface area contributed by atoms with Crippen LogP contribution in [0.2, 0.25) is 0 Å². The molecule has 1 aromatic rings. The van der Waals surface area contributed by atoms with Crippen molar-refractivity contribution in [3.8, 4) is 0 Å². The Balaban J connectivity index is 2.10. The number of hydrogen-bond acceptors (Lipinski definition) is 3. The summed E-state index contributed by atoms with van der Waals surface area (Å²) in [4.78, 5) is 28.1. The molecular formula is C13H16N2O3. The zero-order valence-electron chi connectivity index (χ0n) is 10.5. The average molecular weight is 248 g/mol. The van der Waals surface area contributed by atoms with Crippen LogP contribution >= 0.6 is 0 Å². The maximum atomic E-state index is 12.0. The number of hydrogen-bond donors (Lipinski definition) is 1. The molecule has 1 saturated carbocycles. The largest absolute Gasteiger partial charge is 0.480 e. The third kappa shape index (κ3) is 2.50. The van der Waals surface area contributed by atoms with Gasteiger partial charge in [0.1, 0.15) is 11.7 Å². The minimum atomic E-state index is -1.03. The van der Waals surface area contributed by atoms with Crippen molar-refractivity contribution >= 4 is 11.9 Å². The molecule has 0 aliphatic heterocycles. The molecule has 0 radical (unpaired) electrons. The SMILES string of the molecule is CC(C(=O)O)N(C)C(=O)c1ccc(C2CC2)cn1. The van der Waals surface area contributed by atoms with Gasteiger partial charge in [0.05, 0.1) is 0 Å². The molecule has 0 aromatic carbocycles. The minimum absolute atomic E-state index is 0.287. The van der Waals surface area contributed by atoms with Gasteiger partial charge in [-0.3, -0.25) is 9.78 Å². The van der Waals surface area contributed by atoms with Gasteiger partial charge in [-0.15, -0.1) is 0 Å². The van der Waals surface area contributed by atoms with Crippen molar-refractivity contribution in [3.63, 3.8) is 0 Å². The molecule has 96 valence electrons. The summed E-state index contributed by atoms with van der Waals surface area (Å²) in [7, 11) is 1.47. The average Bonchev–Trinajstić information content (AvgIpc) is 3.20. The van der Waals surface area contributed by atoms with Crippen LogP contribution < -0.4 is 0 Å². The maximum Gasteiger partial charge on any atom is 0.326 e. The van der Waals surface area contributed by atoms with Gasteiger partial charge in [-0.25, -0.2) is 4.79 Å². The molecule has 5 nitrogen and oxygen atoms in total. The standard InChI is InChI=1S/C13H16N2O3/c1-8(13(17)18)15(2)12(16)11-6-5-10(7-14-11)9-3-4-9/h5-9H,3-4H2,1-2H3,(H,17,18). The maximum absolute atomic E-state index is 12.0. The summed E-state index contributed by atoms with van der Waals surface area (Å²) < 4.78 is 0. The number of amides is 1. The molecule has 1 atom stereocenters. The molecule has 0 spiro atoms. The Morgan fingerprint density at radius 2 is 2.11 bits per heavy atom. The summed E-state index contributed by atoms with van der Waals surface area (Å²) in [6.45, 7) is 1.47. The van der Waals surface area contributed by atoms with Gasteiger partial charge >= 0.3 is 5.97 Å². The second kappa shape index (κ2) is 4.76. The lowest BCUT2D eigenvalue weighted by atomic mass is 10.1. The number of carboxylic acids is 1. The summed E-state index contributed by atoms with van der Waals surface area (Å²) in [5.74, 6) is -0.801. The van der Waals surface area contributed by atoms with Crippen LogP contribution in [0.1, 0.15) is 41.7 Å². The van der Waals surface area contributed by atoms with Crippen LogP contribution in [0.4, 0.5) is 0 Å². The van der Waals surface area contributed by atoms with Crippen LogP contribution in [0.3, 0.4) is 0 Å². The van der Waals surface area contributed by atoms with Gasteiger partial charge in [-0.05, 0) is 37.3 Å². The molecule has 5 heteroatoms. The first-order chi connectivity index (χ1) is 8.50. The van der Waals surface area contributed by atoms with E-state index in [1.54, 1.807) is 12.3 Å². The van der Waals surface area contributed by atoms with E-state index in [2.05, 4.69) is 4.98 Å². The number of aliphatic carboxylic acids is 1. The van der Waals surface area contributed by atoms with Crippen LogP contribution in [0.15, 0.2) is 18.3 Å². The summed E-state index contributed by atoms with van der Waals surface area (Å²) in [5, 5.41) is 8.86. The van der Waals surface area contributed by atoms with Crippen LogP contribution in [-0.2, 0) is 4.79 Å². The molecule has 1 N–H and O–H groups in total. The fourth-order valence-corrected chi connectivity index (χ4v) is 1.71. The predicted molar refractivity (Wildman–Crippen MR) is 65.4 cm³/mol. The van der Waals surface area contributed by atoms with Gasteiger partial charge in [0.2, 0.25) is 0 Å². The molecular weight excluding hydrogens is 232 g/mol. The van der Waals surface area contributed by atoms with Crippen molar-refractivity contribution in [1.29, 1.82) is 0 Å². The highest BCUT2D eigenvalue weighted by Gasteiger charge is 2.26. The van der Waals surface area contributed by atoms with Gasteiger partial charge in [-0.1, -0.05) is 6.07 Å². The van der Waals surface area contributed by atoms with Gasteiger partial charge < -0.3 is 10.0 Å². The Morgan fingerprint density at radius 1 is 1.44 bits per heavy atom. The number of carbonyl (C=O) groups is 2. The van der Waals surface area contributed by atoms with Crippen LogP contribution in [0, 0.1) is 0 Å². The van der Waals surface area contributed by atoms with Crippen molar-refractivity contribution in [2.45, 2.75) is 31.7 Å². The van der Waals surface area contributed by atoms with Crippen molar-refractivity contribution in [1.82, 2.24) is 9.88 Å². The first-order valence-electron chi connectivity index (χ1n) is 5.96. The van der Waals surface area contributed by atoms with Crippen molar-refractivity contribution in [2.24, 2.45) is 0 Å². The first kappa shape index (κ1) is 12.5. The van der Waals surface area contributed by atoms with E-state index in [1.807, 2.05) is 6.07 Å². The fourth-order valence-electron chi connectivity index (χ4n) is 1.71. The van der Waals surface area contributed by atoms with E-state index in [4.69, 9.17) is 5.11 Å². The Kier molecular flexibility index (Phi) is 3.32. The minimum Gasteiger partial charge on any atom is -0.480 e. The third-order valence-electron chi connectivity index (χ3n) is 3.31. The monoisotopic (exact) mass is 248 g/mol. The molecule has 0 bridgehead atoms. The number of nitrogens with zero attached hydrogens (tertiary/aromatic N) is 2. The van der Waals surface area contributed by atoms with E-state index >= 15 is 0 Å². The number of aromatic nitrogens is 1. The van der Waals surface area contributed by atoms with Crippen molar-refractivity contribution < 1.29 is 14.7 Å². The molecule has 1 amide bonds. The highest BCUT2D eigenvalue weighted by Crippen LogP contribution is 2.39. The molecule has 1 fully saturated rings. The van der Waals surface area contributed by atoms with E-state index in [-0.39, 0.29) is 11.6 Å². The molecule has 1 unspecified atom stereocenters. The number of carbonyl (C=O) groups excluding carboxylic acids is 1. The van der Waals surface area contributed by atoms with E-state index in [1.165, 1.54) is 31.7 Å². The highest BCUT2D eigenvalue weighted by atomic mass is 16.4. The Hall–Kier alpha value is -1.91. The normalized spacial score (nSPS) is 16.1. The number of likely N-dealkylation sites (N-methyl/N-ethyl adjacent to an activating group) is 1. The lowest BCUT2D eigenvalue weighted by molar-refractivity contribution is -0.141. The predicted octanol–water partition coefficient (Wildman–Crippen LogP) is 1.50. The zero-order valence-corrected chi connectivity index (χ0v) is 10.5. The van der Waals surface area contributed by atoms with E-state index in [0.29, 0.717) is 5.92 Å². The Bertz CT molecular complexity index is 466. The number of carboxylic acid groups (broad SMARTS) is 1. The third-order valence-corrected chi connectivity index (χ3v) is 3.31. The van der Waals surface area contributed by atoms with Gasteiger partial charge in [-0.2, -0.15) is 0 Å². The fraction of sp³-hybridized carbons (Fsp3) is 0.462. The zero-order chi connectivity index (χ0) is 13.3. The topological polar surface area (TPSA) is 70.5 Å². The highest BCUT2D eigenvalue weighted by molar-refractivity contribution is 5.94. The molecule has 1 aliphatic carbocycles. The Morgan fingerprint density at radius 3 is 2.56 bits per heavy atom. The summed E-state index contributed by atoms with van der Waals surface area (Å²) in [5.41, 5.74) is 1.44. The molecule has 1 aliphatic rings. The number of pyridine rings is 1. The summed E-state index contributed by atoms with van der Waals surface area (Å²) >= 11 is 0. The van der Waals surface area contributed by atoms with E-state index in [0.717, 1.165) is 5.56 Å². The Labute approximate surface area is 105 Å². The molecule has 1 aromatic heterocycles. The lowest BCUT2D eigenvalue weighted by Gasteiger charge is -2.20. The van der Waals surface area contributed by atoms with E-state index < -0.39 is 12.0 Å². The second-order valence-electron chi connectivity index (χ2n) is 4.68. The van der Waals surface area contributed by atoms with Crippen LogP contribution in [0.5, 0.6) is 0 Å². The van der Waals surface area contributed by atoms with Crippen molar-refractivity contribution in [2.75, 3.05) is 7.05 Å². The van der Waals surface area contributed by atoms with Crippen LogP contribution in [-0.4, -0.2) is 40.0 Å². The lowest BCUT2D eigenvalue weighted by Crippen LogP contribution is -2.40. The second-order valence-corrected chi connectivity index (χ2v) is 4.68. The quantitative estimate of drug-likeness (QED) is 0.876. The molecule has 0 saturated heterocycles. The molecule has 1 heterocycles. The van der Waals surface area contributed by atoms with Gasteiger partial charge in [0.25, 0.3) is 5.91 Å². The molecule has 18 heavy (non-hydrogen) atoms. The number of rotatable bonds is 4. The molecule has 2 rings (SSSR count). The van der Waals surface area contributed by atoms with E-state index in [9.17, 15) is 9.59 Å².